The first-order chi connectivity index (χ1) is 8.24. The zero-order valence-corrected chi connectivity index (χ0v) is 8.72. The molecule has 0 unspecified atom stereocenters. The third-order valence-electron chi connectivity index (χ3n) is 2.44. The van der Waals surface area contributed by atoms with Gasteiger partial charge in [-0.25, -0.2) is 14.4 Å². The van der Waals surface area contributed by atoms with E-state index < -0.39 is 0 Å². The lowest BCUT2D eigenvalue weighted by Crippen LogP contribution is -1.94. The van der Waals surface area contributed by atoms with Crippen molar-refractivity contribution in [2.45, 2.75) is 0 Å². The van der Waals surface area contributed by atoms with Crippen LogP contribution in [-0.4, -0.2) is 9.97 Å². The highest BCUT2D eigenvalue weighted by molar-refractivity contribution is 5.83. The second-order valence-electron chi connectivity index (χ2n) is 3.58. The van der Waals surface area contributed by atoms with E-state index in [1.54, 1.807) is 12.1 Å². The minimum absolute atomic E-state index is 0.284. The summed E-state index contributed by atoms with van der Waals surface area (Å²) in [5.41, 5.74) is 6.75. The highest BCUT2D eigenvalue weighted by Gasteiger charge is 2.11. The maximum absolute atomic E-state index is 13.0. The number of aromatic nitrogens is 2. The molecule has 0 amide bonds. The molecule has 0 aliphatic rings. The molecule has 2 N–H and O–H groups in total. The van der Waals surface area contributed by atoms with Crippen molar-refractivity contribution in [1.29, 1.82) is 0 Å². The van der Waals surface area contributed by atoms with E-state index >= 15 is 0 Å². The SMILES string of the molecule is Nc1nccnc1-c1cc2cc(F)ccc2o1. The Balaban J connectivity index is 2.22. The topological polar surface area (TPSA) is 64.9 Å². The third kappa shape index (κ3) is 1.61. The summed E-state index contributed by atoms with van der Waals surface area (Å²) in [5, 5.41) is 0.671. The first-order valence-electron chi connectivity index (χ1n) is 5.00. The van der Waals surface area contributed by atoms with E-state index in [0.717, 1.165) is 0 Å². The summed E-state index contributed by atoms with van der Waals surface area (Å²) in [6, 6.07) is 6.00. The van der Waals surface area contributed by atoms with Crippen LogP contribution in [-0.2, 0) is 0 Å². The van der Waals surface area contributed by atoms with Gasteiger partial charge in [-0.15, -0.1) is 0 Å². The van der Waals surface area contributed by atoms with Crippen molar-refractivity contribution in [2.75, 3.05) is 5.73 Å². The quantitative estimate of drug-likeness (QED) is 0.696. The van der Waals surface area contributed by atoms with Gasteiger partial charge in [-0.3, -0.25) is 0 Å². The largest absolute Gasteiger partial charge is 0.454 e. The predicted octanol–water partition coefficient (Wildman–Crippen LogP) is 2.61. The van der Waals surface area contributed by atoms with Crippen molar-refractivity contribution in [1.82, 2.24) is 9.97 Å². The molecule has 0 saturated heterocycles. The Labute approximate surface area is 95.9 Å². The molecule has 0 spiro atoms. The molecule has 1 aromatic carbocycles. The van der Waals surface area contributed by atoms with Crippen molar-refractivity contribution in [3.05, 3.63) is 42.5 Å². The van der Waals surface area contributed by atoms with E-state index in [2.05, 4.69) is 9.97 Å². The number of nitrogens with zero attached hydrogens (tertiary/aromatic N) is 2. The molecule has 4 nitrogen and oxygen atoms in total. The van der Waals surface area contributed by atoms with Crippen molar-refractivity contribution in [2.24, 2.45) is 0 Å². The average Bonchev–Trinajstić information content (AvgIpc) is 2.72. The van der Waals surface area contributed by atoms with Gasteiger partial charge in [0.25, 0.3) is 0 Å². The Bertz CT molecular complexity index is 693. The molecule has 0 saturated carbocycles. The number of nitrogens with two attached hydrogens (primary N) is 1. The van der Waals surface area contributed by atoms with Gasteiger partial charge in [-0.1, -0.05) is 0 Å². The Morgan fingerprint density at radius 2 is 1.94 bits per heavy atom. The van der Waals surface area contributed by atoms with Crippen LogP contribution in [0.5, 0.6) is 0 Å². The Hall–Kier alpha value is -2.43. The van der Waals surface area contributed by atoms with Crippen LogP contribution < -0.4 is 5.73 Å². The first kappa shape index (κ1) is 9.77. The molecule has 2 aromatic heterocycles. The number of furan rings is 1. The summed E-state index contributed by atoms with van der Waals surface area (Å²) in [6.07, 6.45) is 3.03. The summed E-state index contributed by atoms with van der Waals surface area (Å²) in [5.74, 6) is 0.459. The number of fused-ring (bicyclic) bond motifs is 1. The smallest absolute Gasteiger partial charge is 0.157 e. The molecule has 3 aromatic rings. The van der Waals surface area contributed by atoms with Crippen LogP contribution in [0.25, 0.3) is 22.4 Å². The van der Waals surface area contributed by atoms with E-state index in [1.807, 2.05) is 0 Å². The number of nitrogen functional groups attached to an aromatic ring is 1. The van der Waals surface area contributed by atoms with Gasteiger partial charge in [0, 0.05) is 17.8 Å². The summed E-state index contributed by atoms with van der Waals surface area (Å²) in [7, 11) is 0. The maximum Gasteiger partial charge on any atom is 0.157 e. The fourth-order valence-corrected chi connectivity index (χ4v) is 1.67. The number of hydrogen-bond donors (Lipinski definition) is 1. The van der Waals surface area contributed by atoms with Crippen LogP contribution in [0, 0.1) is 5.82 Å². The van der Waals surface area contributed by atoms with Gasteiger partial charge in [0.15, 0.2) is 11.6 Å². The predicted molar refractivity (Wildman–Crippen MR) is 61.6 cm³/mol. The van der Waals surface area contributed by atoms with E-state index in [-0.39, 0.29) is 11.6 Å². The van der Waals surface area contributed by atoms with Gasteiger partial charge in [0.2, 0.25) is 0 Å². The third-order valence-corrected chi connectivity index (χ3v) is 2.44. The lowest BCUT2D eigenvalue weighted by molar-refractivity contribution is 0.617. The van der Waals surface area contributed by atoms with Crippen molar-refractivity contribution in [3.63, 3.8) is 0 Å². The molecule has 0 bridgehead atoms. The average molecular weight is 229 g/mol. The van der Waals surface area contributed by atoms with Crippen LogP contribution in [0.2, 0.25) is 0 Å². The normalized spacial score (nSPS) is 10.9. The second kappa shape index (κ2) is 3.55. The second-order valence-corrected chi connectivity index (χ2v) is 3.58. The maximum atomic E-state index is 13.0. The first-order valence-corrected chi connectivity index (χ1v) is 5.00. The zero-order chi connectivity index (χ0) is 11.8. The number of benzene rings is 1. The number of halogens is 1. The van der Waals surface area contributed by atoms with Crippen LogP contribution >= 0.6 is 0 Å². The molecule has 5 heteroatoms. The molecule has 2 heterocycles. The summed E-state index contributed by atoms with van der Waals surface area (Å²) >= 11 is 0. The molecule has 17 heavy (non-hydrogen) atoms. The number of rotatable bonds is 1. The van der Waals surface area contributed by atoms with Crippen LogP contribution in [0.1, 0.15) is 0 Å². The van der Waals surface area contributed by atoms with E-state index in [1.165, 1.54) is 24.5 Å². The molecule has 0 radical (unpaired) electrons. The highest BCUT2D eigenvalue weighted by Crippen LogP contribution is 2.28. The standard InChI is InChI=1S/C12H8FN3O/c13-8-1-2-9-7(5-8)6-10(17-9)11-12(14)16-4-3-15-11/h1-6H,(H2,14,16). The van der Waals surface area contributed by atoms with Gasteiger partial charge in [-0.2, -0.15) is 0 Å². The van der Waals surface area contributed by atoms with Gasteiger partial charge in [0.05, 0.1) is 0 Å². The van der Waals surface area contributed by atoms with Gasteiger partial charge in [-0.05, 0) is 24.3 Å². The van der Waals surface area contributed by atoms with Gasteiger partial charge < -0.3 is 10.2 Å². The Kier molecular flexibility index (Phi) is 2.04. The number of hydrogen-bond acceptors (Lipinski definition) is 4. The van der Waals surface area contributed by atoms with Crippen molar-refractivity contribution >= 4 is 16.8 Å². The lowest BCUT2D eigenvalue weighted by atomic mass is 10.2. The minimum Gasteiger partial charge on any atom is -0.454 e. The lowest BCUT2D eigenvalue weighted by Gasteiger charge is -1.97. The Morgan fingerprint density at radius 3 is 2.76 bits per heavy atom. The van der Waals surface area contributed by atoms with Gasteiger partial charge in [0.1, 0.15) is 17.1 Å². The summed E-state index contributed by atoms with van der Waals surface area (Å²) in [6.45, 7) is 0. The van der Waals surface area contributed by atoms with Crippen LogP contribution in [0.15, 0.2) is 41.1 Å². The molecular formula is C12H8FN3O. The Morgan fingerprint density at radius 1 is 1.12 bits per heavy atom. The molecule has 0 fully saturated rings. The fourth-order valence-electron chi connectivity index (χ4n) is 1.67. The molecule has 3 rings (SSSR count). The highest BCUT2D eigenvalue weighted by atomic mass is 19.1. The monoisotopic (exact) mass is 229 g/mol. The van der Waals surface area contributed by atoms with Crippen LogP contribution in [0.4, 0.5) is 10.2 Å². The molecule has 0 aliphatic carbocycles. The van der Waals surface area contributed by atoms with E-state index in [9.17, 15) is 4.39 Å². The fraction of sp³-hybridized carbons (Fsp3) is 0. The van der Waals surface area contributed by atoms with Crippen molar-refractivity contribution < 1.29 is 8.81 Å². The summed E-state index contributed by atoms with van der Waals surface area (Å²) < 4.78 is 18.6. The molecule has 0 atom stereocenters. The van der Waals surface area contributed by atoms with E-state index in [4.69, 9.17) is 10.2 Å². The zero-order valence-electron chi connectivity index (χ0n) is 8.72. The molecule has 84 valence electrons. The minimum atomic E-state index is -0.308. The molecule has 0 aliphatic heterocycles. The van der Waals surface area contributed by atoms with Crippen LogP contribution in [0.3, 0.4) is 0 Å². The molecular weight excluding hydrogens is 221 g/mol. The summed E-state index contributed by atoms with van der Waals surface area (Å²) in [4.78, 5) is 8.02. The van der Waals surface area contributed by atoms with Crippen molar-refractivity contribution in [3.8, 4) is 11.5 Å². The van der Waals surface area contributed by atoms with Gasteiger partial charge >= 0.3 is 0 Å². The number of anilines is 1. The van der Waals surface area contributed by atoms with E-state index in [0.29, 0.717) is 22.4 Å².